The third-order valence-corrected chi connectivity index (χ3v) is 6.96. The van der Waals surface area contributed by atoms with Gasteiger partial charge < -0.3 is 9.47 Å². The summed E-state index contributed by atoms with van der Waals surface area (Å²) in [4.78, 5) is 0.180. The molecular weight excluding hydrogens is 394 g/mol. The molecule has 24 heavy (non-hydrogen) atoms. The van der Waals surface area contributed by atoms with Gasteiger partial charge in [0.15, 0.2) is 11.5 Å². The van der Waals surface area contributed by atoms with Gasteiger partial charge in [0.1, 0.15) is 4.90 Å². The van der Waals surface area contributed by atoms with Crippen molar-refractivity contribution < 1.29 is 17.9 Å². The third kappa shape index (κ3) is 3.03. The molecule has 0 radical (unpaired) electrons. The lowest BCUT2D eigenvalue weighted by Gasteiger charge is -2.28. The molecule has 0 saturated heterocycles. The summed E-state index contributed by atoms with van der Waals surface area (Å²) in [5.41, 5.74) is 2.25. The molecule has 0 spiro atoms. The fourth-order valence-corrected chi connectivity index (χ4v) is 5.26. The monoisotopic (exact) mass is 411 g/mol. The highest BCUT2D eigenvalue weighted by Gasteiger charge is 2.30. The molecule has 0 bridgehead atoms. The molecule has 1 aliphatic rings. The highest BCUT2D eigenvalue weighted by atomic mass is 79.9. The van der Waals surface area contributed by atoms with Crippen LogP contribution >= 0.6 is 15.9 Å². The van der Waals surface area contributed by atoms with Gasteiger partial charge in [0.25, 0.3) is 0 Å². The summed E-state index contributed by atoms with van der Waals surface area (Å²) in [6.45, 7) is 0.833. The highest BCUT2D eigenvalue weighted by molar-refractivity contribution is 9.10. The Morgan fingerprint density at radius 1 is 1.04 bits per heavy atom. The quantitative estimate of drug-likeness (QED) is 0.774. The highest BCUT2D eigenvalue weighted by Crippen LogP contribution is 2.37. The van der Waals surface area contributed by atoms with Crippen molar-refractivity contribution in [3.05, 3.63) is 52.0 Å². The van der Waals surface area contributed by atoms with Gasteiger partial charge in [-0.25, -0.2) is 8.42 Å². The van der Waals surface area contributed by atoms with E-state index in [4.69, 9.17) is 9.47 Å². The van der Waals surface area contributed by atoms with Crippen LogP contribution in [0.2, 0.25) is 0 Å². The van der Waals surface area contributed by atoms with E-state index in [0.29, 0.717) is 35.5 Å². The minimum atomic E-state index is -3.64. The van der Waals surface area contributed by atoms with Crippen LogP contribution in [0.5, 0.6) is 11.5 Å². The molecule has 0 aliphatic carbocycles. The fourth-order valence-electron chi connectivity index (χ4n) is 2.85. The van der Waals surface area contributed by atoms with Crippen molar-refractivity contribution in [1.82, 2.24) is 4.31 Å². The fraction of sp³-hybridized carbons (Fsp3) is 0.294. The van der Waals surface area contributed by atoms with Gasteiger partial charge in [-0.3, -0.25) is 0 Å². The van der Waals surface area contributed by atoms with E-state index in [2.05, 4.69) is 15.9 Å². The summed E-state index contributed by atoms with van der Waals surface area (Å²) in [7, 11) is -0.643. The maximum Gasteiger partial charge on any atom is 0.244 e. The number of halogens is 1. The van der Waals surface area contributed by atoms with Crippen molar-refractivity contribution in [3.63, 3.8) is 0 Å². The Balaban J connectivity index is 2.00. The largest absolute Gasteiger partial charge is 0.493 e. The molecule has 2 aromatic rings. The van der Waals surface area contributed by atoms with Crippen molar-refractivity contribution >= 4 is 26.0 Å². The van der Waals surface area contributed by atoms with Crippen LogP contribution in [0.25, 0.3) is 0 Å². The molecular formula is C17H18BrNO4S. The van der Waals surface area contributed by atoms with Gasteiger partial charge >= 0.3 is 0 Å². The van der Waals surface area contributed by atoms with E-state index in [-0.39, 0.29) is 4.90 Å². The molecule has 0 atom stereocenters. The van der Waals surface area contributed by atoms with Gasteiger partial charge in [0.05, 0.1) is 14.2 Å². The first-order valence-corrected chi connectivity index (χ1v) is 9.69. The first-order valence-electron chi connectivity index (χ1n) is 7.46. The van der Waals surface area contributed by atoms with Crippen LogP contribution in [0.1, 0.15) is 11.1 Å². The second kappa shape index (κ2) is 6.74. The number of methoxy groups -OCH3 is 2. The Morgan fingerprint density at radius 3 is 2.33 bits per heavy atom. The van der Waals surface area contributed by atoms with Crippen molar-refractivity contribution in [1.29, 1.82) is 0 Å². The summed E-state index contributed by atoms with van der Waals surface area (Å²) >= 11 is 3.34. The van der Waals surface area contributed by atoms with E-state index >= 15 is 0 Å². The molecule has 0 aromatic heterocycles. The summed E-state index contributed by atoms with van der Waals surface area (Å²) in [5, 5.41) is 0. The zero-order valence-electron chi connectivity index (χ0n) is 13.5. The van der Waals surface area contributed by atoms with Crippen LogP contribution in [0, 0.1) is 0 Å². The molecule has 0 unspecified atom stereocenters. The molecule has 1 heterocycles. The number of hydrogen-bond acceptors (Lipinski definition) is 4. The van der Waals surface area contributed by atoms with E-state index in [1.54, 1.807) is 6.07 Å². The number of ether oxygens (including phenoxy) is 2. The lowest BCUT2D eigenvalue weighted by molar-refractivity contribution is 0.352. The van der Waals surface area contributed by atoms with Crippen molar-refractivity contribution in [2.75, 3.05) is 20.8 Å². The van der Waals surface area contributed by atoms with Gasteiger partial charge in [-0.1, -0.05) is 24.3 Å². The minimum Gasteiger partial charge on any atom is -0.493 e. The molecule has 0 amide bonds. The molecule has 2 aromatic carbocycles. The predicted molar refractivity (Wildman–Crippen MR) is 95.0 cm³/mol. The van der Waals surface area contributed by atoms with Gasteiger partial charge in [-0.15, -0.1) is 0 Å². The Bertz CT molecular complexity index is 867. The topological polar surface area (TPSA) is 55.8 Å². The van der Waals surface area contributed by atoms with E-state index < -0.39 is 10.0 Å². The lowest BCUT2D eigenvalue weighted by Crippen LogP contribution is -2.36. The molecule has 3 rings (SSSR count). The molecule has 5 nitrogen and oxygen atoms in total. The molecule has 128 valence electrons. The summed E-state index contributed by atoms with van der Waals surface area (Å²) < 4.78 is 38.6. The number of sulfonamides is 1. The van der Waals surface area contributed by atoms with E-state index in [1.807, 2.05) is 24.3 Å². The molecule has 0 N–H and O–H groups in total. The van der Waals surface area contributed by atoms with Crippen LogP contribution in [0.4, 0.5) is 0 Å². The van der Waals surface area contributed by atoms with Gasteiger partial charge in [0, 0.05) is 23.6 Å². The minimum absolute atomic E-state index is 0.180. The second-order valence-corrected chi connectivity index (χ2v) is 8.26. The first kappa shape index (κ1) is 17.3. The number of fused-ring (bicyclic) bond motifs is 1. The predicted octanol–water partition coefficient (Wildman–Crippen LogP) is 3.21. The standard InChI is InChI=1S/C17H18BrNO4S/c1-22-15-9-14(18)17(10-16(15)23-2)24(20,21)19-8-7-12-5-3-4-6-13(12)11-19/h3-6,9-10H,7-8,11H2,1-2H3. The normalized spacial score (nSPS) is 15.0. The maximum absolute atomic E-state index is 13.1. The van der Waals surface area contributed by atoms with Gasteiger partial charge in [-0.2, -0.15) is 4.31 Å². The second-order valence-electron chi connectivity index (χ2n) is 5.49. The Hall–Kier alpha value is -1.57. The molecule has 1 aliphatic heterocycles. The third-order valence-electron chi connectivity index (χ3n) is 4.15. The maximum atomic E-state index is 13.1. The van der Waals surface area contributed by atoms with Crippen LogP contribution in [0.3, 0.4) is 0 Å². The number of nitrogens with zero attached hydrogens (tertiary/aromatic N) is 1. The molecule has 0 fully saturated rings. The van der Waals surface area contributed by atoms with Gasteiger partial charge in [-0.05, 0) is 39.5 Å². The first-order chi connectivity index (χ1) is 11.5. The zero-order valence-corrected chi connectivity index (χ0v) is 15.9. The average molecular weight is 412 g/mol. The Labute approximate surface area is 150 Å². The van der Waals surface area contributed by atoms with Crippen molar-refractivity contribution in [2.45, 2.75) is 17.9 Å². The zero-order chi connectivity index (χ0) is 17.3. The Morgan fingerprint density at radius 2 is 1.67 bits per heavy atom. The molecule has 7 heteroatoms. The number of hydrogen-bond donors (Lipinski definition) is 0. The number of rotatable bonds is 4. The van der Waals surface area contributed by atoms with E-state index in [0.717, 1.165) is 5.56 Å². The average Bonchev–Trinajstić information content (AvgIpc) is 2.60. The number of benzene rings is 2. The van der Waals surface area contributed by atoms with Crippen LogP contribution in [-0.4, -0.2) is 33.5 Å². The van der Waals surface area contributed by atoms with E-state index in [1.165, 1.54) is 30.2 Å². The van der Waals surface area contributed by atoms with Crippen molar-refractivity contribution in [2.24, 2.45) is 0 Å². The smallest absolute Gasteiger partial charge is 0.244 e. The van der Waals surface area contributed by atoms with Crippen LogP contribution < -0.4 is 9.47 Å². The SMILES string of the molecule is COc1cc(Br)c(S(=O)(=O)N2CCc3ccccc3C2)cc1OC. The van der Waals surface area contributed by atoms with Crippen molar-refractivity contribution in [3.8, 4) is 11.5 Å². The summed E-state index contributed by atoms with van der Waals surface area (Å²) in [6, 6.07) is 11.0. The van der Waals surface area contributed by atoms with Crippen LogP contribution in [-0.2, 0) is 23.0 Å². The lowest BCUT2D eigenvalue weighted by atomic mass is 10.0. The molecule has 0 saturated carbocycles. The summed E-state index contributed by atoms with van der Waals surface area (Å²) in [6.07, 6.45) is 0.709. The summed E-state index contributed by atoms with van der Waals surface area (Å²) in [5.74, 6) is 0.865. The Kier molecular flexibility index (Phi) is 4.85. The van der Waals surface area contributed by atoms with Gasteiger partial charge in [0.2, 0.25) is 10.0 Å². The van der Waals surface area contributed by atoms with E-state index in [9.17, 15) is 8.42 Å². The van der Waals surface area contributed by atoms with Crippen LogP contribution in [0.15, 0.2) is 45.8 Å².